The van der Waals surface area contributed by atoms with Gasteiger partial charge in [-0.2, -0.15) is 0 Å². The Morgan fingerprint density at radius 2 is 1.71 bits per heavy atom. The number of nitrogens with zero attached hydrogens (tertiary/aromatic N) is 1. The van der Waals surface area contributed by atoms with Gasteiger partial charge >= 0.3 is 0 Å². The molecular weight excluding hydrogens is 262 g/mol. The number of carbonyl (C=O) groups excluding carboxylic acids is 1. The van der Waals surface area contributed by atoms with Crippen molar-refractivity contribution >= 4 is 11.6 Å². The Hall–Kier alpha value is -2.29. The van der Waals surface area contributed by atoms with E-state index in [1.54, 1.807) is 23.1 Å². The zero-order valence-electron chi connectivity index (χ0n) is 13.0. The van der Waals surface area contributed by atoms with Crippen molar-refractivity contribution in [2.45, 2.75) is 27.7 Å². The molecule has 1 N–H and O–H groups in total. The predicted molar refractivity (Wildman–Crippen MR) is 86.1 cm³/mol. The molecule has 21 heavy (non-hydrogen) atoms. The number of aromatic hydroxyl groups is 1. The molecule has 0 heterocycles. The van der Waals surface area contributed by atoms with Crippen LogP contribution in [0, 0.1) is 20.8 Å². The molecule has 0 aliphatic heterocycles. The molecule has 3 nitrogen and oxygen atoms in total. The van der Waals surface area contributed by atoms with E-state index in [1.165, 1.54) is 0 Å². The first-order valence-corrected chi connectivity index (χ1v) is 7.12. The Morgan fingerprint density at radius 3 is 2.24 bits per heavy atom. The first-order chi connectivity index (χ1) is 9.93. The van der Waals surface area contributed by atoms with Crippen LogP contribution in [0.5, 0.6) is 5.75 Å². The van der Waals surface area contributed by atoms with Crippen molar-refractivity contribution in [2.75, 3.05) is 11.4 Å². The zero-order chi connectivity index (χ0) is 15.6. The van der Waals surface area contributed by atoms with Crippen molar-refractivity contribution in [3.63, 3.8) is 0 Å². The van der Waals surface area contributed by atoms with Crippen molar-refractivity contribution in [1.82, 2.24) is 0 Å². The third kappa shape index (κ3) is 3.07. The minimum Gasteiger partial charge on any atom is -0.508 e. The molecular formula is C18H21NO2. The summed E-state index contributed by atoms with van der Waals surface area (Å²) in [6.07, 6.45) is 0. The molecule has 0 bridgehead atoms. The van der Waals surface area contributed by atoms with Crippen molar-refractivity contribution in [3.05, 3.63) is 58.7 Å². The molecule has 0 fully saturated rings. The van der Waals surface area contributed by atoms with Crippen LogP contribution >= 0.6 is 0 Å². The van der Waals surface area contributed by atoms with E-state index >= 15 is 0 Å². The van der Waals surface area contributed by atoms with Gasteiger partial charge in [0.2, 0.25) is 0 Å². The van der Waals surface area contributed by atoms with E-state index in [0.717, 1.165) is 22.3 Å². The van der Waals surface area contributed by atoms with Crippen molar-refractivity contribution in [1.29, 1.82) is 0 Å². The number of phenols is 1. The molecule has 1 amide bonds. The van der Waals surface area contributed by atoms with E-state index in [1.807, 2.05) is 45.9 Å². The minimum atomic E-state index is -0.0295. The number of phenolic OH excluding ortho intramolecular Hbond substituents is 1. The number of rotatable bonds is 3. The lowest BCUT2D eigenvalue weighted by atomic mass is 9.98. The minimum absolute atomic E-state index is 0.0295. The molecule has 2 rings (SSSR count). The van der Waals surface area contributed by atoms with Crippen molar-refractivity contribution in [3.8, 4) is 5.75 Å². The third-order valence-corrected chi connectivity index (χ3v) is 3.59. The monoisotopic (exact) mass is 283 g/mol. The van der Waals surface area contributed by atoms with Gasteiger partial charge in [0.05, 0.1) is 0 Å². The highest BCUT2D eigenvalue weighted by atomic mass is 16.3. The molecule has 0 radical (unpaired) electrons. The standard InChI is InChI=1S/C18H21NO2/c1-5-19(15-7-6-8-16(20)11-15)18(21)17-13(3)9-12(2)10-14(17)4/h6-11,20H,5H2,1-4H3. The van der Waals surface area contributed by atoms with E-state index in [4.69, 9.17) is 0 Å². The molecule has 0 unspecified atom stereocenters. The van der Waals surface area contributed by atoms with Crippen LogP contribution in [0.4, 0.5) is 5.69 Å². The summed E-state index contributed by atoms with van der Waals surface area (Å²) in [5.41, 5.74) is 4.57. The van der Waals surface area contributed by atoms with Crippen LogP contribution in [0.15, 0.2) is 36.4 Å². The second-order valence-corrected chi connectivity index (χ2v) is 5.34. The highest BCUT2D eigenvalue weighted by Crippen LogP contribution is 2.24. The number of carbonyl (C=O) groups is 1. The van der Waals surface area contributed by atoms with Crippen LogP contribution in [-0.2, 0) is 0 Å². The molecule has 2 aromatic carbocycles. The average Bonchev–Trinajstić information content (AvgIpc) is 2.38. The highest BCUT2D eigenvalue weighted by molar-refractivity contribution is 6.08. The Labute approximate surface area is 125 Å². The third-order valence-electron chi connectivity index (χ3n) is 3.59. The lowest BCUT2D eigenvalue weighted by Gasteiger charge is -2.23. The summed E-state index contributed by atoms with van der Waals surface area (Å²) < 4.78 is 0. The van der Waals surface area contributed by atoms with Crippen LogP contribution < -0.4 is 4.90 Å². The van der Waals surface area contributed by atoms with Crippen molar-refractivity contribution < 1.29 is 9.90 Å². The summed E-state index contributed by atoms with van der Waals surface area (Å²) in [6, 6.07) is 10.8. The average molecular weight is 283 g/mol. The number of hydrogen-bond donors (Lipinski definition) is 1. The topological polar surface area (TPSA) is 40.5 Å². The Kier molecular flexibility index (Phi) is 4.32. The molecule has 0 saturated heterocycles. The lowest BCUT2D eigenvalue weighted by molar-refractivity contribution is 0.0987. The van der Waals surface area contributed by atoms with Gasteiger partial charge < -0.3 is 10.0 Å². The van der Waals surface area contributed by atoms with Gasteiger partial charge in [0, 0.05) is 23.9 Å². The summed E-state index contributed by atoms with van der Waals surface area (Å²) in [5, 5.41) is 9.62. The normalized spacial score (nSPS) is 10.5. The van der Waals surface area contributed by atoms with Gasteiger partial charge in [0.1, 0.15) is 5.75 Å². The van der Waals surface area contributed by atoms with Gasteiger partial charge in [-0.25, -0.2) is 0 Å². The molecule has 0 aliphatic carbocycles. The van der Waals surface area contributed by atoms with E-state index in [0.29, 0.717) is 12.2 Å². The van der Waals surface area contributed by atoms with E-state index in [-0.39, 0.29) is 11.7 Å². The maximum atomic E-state index is 12.9. The van der Waals surface area contributed by atoms with Crippen LogP contribution in [-0.4, -0.2) is 17.6 Å². The Balaban J connectivity index is 2.47. The fourth-order valence-electron chi connectivity index (χ4n) is 2.76. The number of anilines is 1. The molecule has 3 heteroatoms. The van der Waals surface area contributed by atoms with E-state index < -0.39 is 0 Å². The van der Waals surface area contributed by atoms with E-state index in [2.05, 4.69) is 0 Å². The van der Waals surface area contributed by atoms with Crippen LogP contribution in [0.3, 0.4) is 0 Å². The number of aryl methyl sites for hydroxylation is 3. The largest absolute Gasteiger partial charge is 0.508 e. The Morgan fingerprint density at radius 1 is 1.10 bits per heavy atom. The number of hydrogen-bond acceptors (Lipinski definition) is 2. The molecule has 0 saturated carbocycles. The van der Waals surface area contributed by atoms with Crippen LogP contribution in [0.25, 0.3) is 0 Å². The highest BCUT2D eigenvalue weighted by Gasteiger charge is 2.20. The smallest absolute Gasteiger partial charge is 0.258 e. The van der Waals surface area contributed by atoms with Gasteiger partial charge in [-0.3, -0.25) is 4.79 Å². The van der Waals surface area contributed by atoms with Gasteiger partial charge in [-0.15, -0.1) is 0 Å². The maximum absolute atomic E-state index is 12.9. The SMILES string of the molecule is CCN(C(=O)c1c(C)cc(C)cc1C)c1cccc(O)c1. The fourth-order valence-corrected chi connectivity index (χ4v) is 2.76. The lowest BCUT2D eigenvalue weighted by Crippen LogP contribution is -2.31. The summed E-state index contributed by atoms with van der Waals surface area (Å²) in [4.78, 5) is 14.6. The zero-order valence-corrected chi connectivity index (χ0v) is 13.0. The van der Waals surface area contributed by atoms with Crippen LogP contribution in [0.1, 0.15) is 34.0 Å². The maximum Gasteiger partial charge on any atom is 0.258 e. The van der Waals surface area contributed by atoms with Gasteiger partial charge in [-0.05, 0) is 51.0 Å². The fraction of sp³-hybridized carbons (Fsp3) is 0.278. The van der Waals surface area contributed by atoms with Crippen LogP contribution in [0.2, 0.25) is 0 Å². The number of benzene rings is 2. The number of amides is 1. The molecule has 0 aliphatic rings. The second-order valence-electron chi connectivity index (χ2n) is 5.34. The molecule has 0 atom stereocenters. The summed E-state index contributed by atoms with van der Waals surface area (Å²) in [6.45, 7) is 8.43. The molecule has 0 aromatic heterocycles. The predicted octanol–water partition coefficient (Wildman–Crippen LogP) is 3.98. The van der Waals surface area contributed by atoms with Gasteiger partial charge in [0.15, 0.2) is 0 Å². The molecule has 110 valence electrons. The van der Waals surface area contributed by atoms with E-state index in [9.17, 15) is 9.90 Å². The summed E-state index contributed by atoms with van der Waals surface area (Å²) >= 11 is 0. The quantitative estimate of drug-likeness (QED) is 0.925. The van der Waals surface area contributed by atoms with Gasteiger partial charge in [-0.1, -0.05) is 23.8 Å². The molecule has 2 aromatic rings. The van der Waals surface area contributed by atoms with Crippen molar-refractivity contribution in [2.24, 2.45) is 0 Å². The first-order valence-electron chi connectivity index (χ1n) is 7.12. The first kappa shape index (κ1) is 15.1. The Bertz CT molecular complexity index is 654. The van der Waals surface area contributed by atoms with Gasteiger partial charge in [0.25, 0.3) is 5.91 Å². The second kappa shape index (κ2) is 6.00. The summed E-state index contributed by atoms with van der Waals surface area (Å²) in [7, 11) is 0. The molecule has 0 spiro atoms. The summed E-state index contributed by atoms with van der Waals surface area (Å²) in [5.74, 6) is 0.134.